The van der Waals surface area contributed by atoms with Gasteiger partial charge in [0.25, 0.3) is 0 Å². The monoisotopic (exact) mass is 244 g/mol. The fraction of sp³-hybridized carbons (Fsp3) is 0.600. The number of nitrogens with zero attached hydrogens (tertiary/aromatic N) is 2. The predicted molar refractivity (Wildman–Crippen MR) is 61.6 cm³/mol. The highest BCUT2D eigenvalue weighted by Crippen LogP contribution is 2.07. The zero-order valence-electron chi connectivity index (χ0n) is 9.47. The van der Waals surface area contributed by atoms with E-state index in [0.717, 1.165) is 17.8 Å². The Labute approximate surface area is 96.9 Å². The fourth-order valence-corrected chi connectivity index (χ4v) is 2.46. The molecule has 0 aromatic carbocycles. The first-order valence-corrected chi connectivity index (χ1v) is 6.60. The van der Waals surface area contributed by atoms with Gasteiger partial charge in [0.1, 0.15) is 0 Å². The number of carboxylic acids is 1. The molecule has 1 aromatic rings. The van der Waals surface area contributed by atoms with Crippen molar-refractivity contribution in [1.29, 1.82) is 0 Å². The molecule has 5 nitrogen and oxygen atoms in total. The standard InChI is InChI=1S/C10H16N2O3S/c1-3-8-6-9(12(2)11-8)7-16(15)5-4-10(13)14/h6H,3-5,7H2,1-2H3,(H,13,14). The minimum atomic E-state index is -1.13. The predicted octanol–water partition coefficient (Wildman–Crippen LogP) is 0.706. The summed E-state index contributed by atoms with van der Waals surface area (Å²) in [6, 6.07) is 1.92. The lowest BCUT2D eigenvalue weighted by atomic mass is 10.3. The van der Waals surface area contributed by atoms with Crippen molar-refractivity contribution in [2.45, 2.75) is 25.5 Å². The van der Waals surface area contributed by atoms with Gasteiger partial charge in [0.05, 0.1) is 23.6 Å². The van der Waals surface area contributed by atoms with E-state index in [4.69, 9.17) is 5.11 Å². The Morgan fingerprint density at radius 2 is 2.31 bits per heavy atom. The fourth-order valence-electron chi connectivity index (χ4n) is 1.32. The van der Waals surface area contributed by atoms with Gasteiger partial charge in [0.2, 0.25) is 0 Å². The molecule has 0 spiro atoms. The summed E-state index contributed by atoms with van der Waals surface area (Å²) in [5, 5.41) is 12.7. The molecule has 16 heavy (non-hydrogen) atoms. The van der Waals surface area contributed by atoms with Crippen molar-refractivity contribution in [2.24, 2.45) is 7.05 Å². The van der Waals surface area contributed by atoms with E-state index in [0.29, 0.717) is 5.75 Å². The van der Waals surface area contributed by atoms with Gasteiger partial charge in [-0.3, -0.25) is 13.7 Å². The Kier molecular flexibility index (Phi) is 4.67. The second-order valence-corrected chi connectivity index (χ2v) is 5.11. The highest BCUT2D eigenvalue weighted by Gasteiger charge is 2.09. The van der Waals surface area contributed by atoms with E-state index >= 15 is 0 Å². The Bertz CT molecular complexity index is 401. The maximum atomic E-state index is 11.6. The molecule has 0 aliphatic carbocycles. The molecule has 1 N–H and O–H groups in total. The summed E-state index contributed by atoms with van der Waals surface area (Å²) >= 11 is 0. The average Bonchev–Trinajstić information content (AvgIpc) is 2.57. The molecule has 0 aliphatic heterocycles. The second-order valence-electron chi connectivity index (χ2n) is 3.54. The lowest BCUT2D eigenvalue weighted by molar-refractivity contribution is -0.136. The molecule has 6 heteroatoms. The van der Waals surface area contributed by atoms with Crippen LogP contribution in [0, 0.1) is 0 Å². The third-order valence-corrected chi connectivity index (χ3v) is 3.52. The van der Waals surface area contributed by atoms with Crippen LogP contribution in [0.4, 0.5) is 0 Å². The summed E-state index contributed by atoms with van der Waals surface area (Å²) in [5.41, 5.74) is 1.85. The summed E-state index contributed by atoms with van der Waals surface area (Å²) in [5.74, 6) is -0.341. The number of hydrogen-bond donors (Lipinski definition) is 1. The minimum Gasteiger partial charge on any atom is -0.481 e. The SMILES string of the molecule is CCc1cc(CS(=O)CCC(=O)O)n(C)n1. The molecule has 1 atom stereocenters. The first-order chi connectivity index (χ1) is 7.52. The molecule has 0 bridgehead atoms. The van der Waals surface area contributed by atoms with Crippen molar-refractivity contribution in [1.82, 2.24) is 9.78 Å². The Morgan fingerprint density at radius 1 is 1.62 bits per heavy atom. The summed E-state index contributed by atoms with van der Waals surface area (Å²) in [7, 11) is 0.676. The molecule has 0 amide bonds. The van der Waals surface area contributed by atoms with Gasteiger partial charge in [-0.05, 0) is 12.5 Å². The minimum absolute atomic E-state index is 0.0505. The topological polar surface area (TPSA) is 72.2 Å². The molecule has 0 aliphatic rings. The molecule has 0 fully saturated rings. The summed E-state index contributed by atoms with van der Waals surface area (Å²) < 4.78 is 13.3. The van der Waals surface area contributed by atoms with E-state index in [1.54, 1.807) is 4.68 Å². The van der Waals surface area contributed by atoms with Crippen LogP contribution in [0.1, 0.15) is 24.7 Å². The molecule has 1 unspecified atom stereocenters. The van der Waals surface area contributed by atoms with Gasteiger partial charge in [0, 0.05) is 23.6 Å². The number of carbonyl (C=O) groups is 1. The van der Waals surface area contributed by atoms with Crippen LogP contribution in [0.2, 0.25) is 0 Å². The van der Waals surface area contributed by atoms with Crippen LogP contribution in [-0.2, 0) is 34.8 Å². The number of carboxylic acid groups (broad SMARTS) is 1. The van der Waals surface area contributed by atoms with Crippen molar-refractivity contribution < 1.29 is 14.1 Å². The summed E-state index contributed by atoms with van der Waals surface area (Å²) in [6.07, 6.45) is 0.792. The van der Waals surface area contributed by atoms with Crippen LogP contribution in [0.3, 0.4) is 0 Å². The first kappa shape index (κ1) is 12.9. The van der Waals surface area contributed by atoms with Gasteiger partial charge in [-0.2, -0.15) is 5.10 Å². The van der Waals surface area contributed by atoms with Crippen molar-refractivity contribution in [3.05, 3.63) is 17.5 Å². The first-order valence-electron chi connectivity index (χ1n) is 5.11. The van der Waals surface area contributed by atoms with Crippen molar-refractivity contribution >= 4 is 16.8 Å². The summed E-state index contributed by atoms with van der Waals surface area (Å²) in [4.78, 5) is 10.3. The van der Waals surface area contributed by atoms with E-state index < -0.39 is 16.8 Å². The lowest BCUT2D eigenvalue weighted by Crippen LogP contribution is -2.08. The Balaban J connectivity index is 2.55. The highest BCUT2D eigenvalue weighted by atomic mass is 32.2. The van der Waals surface area contributed by atoms with Crippen LogP contribution < -0.4 is 0 Å². The van der Waals surface area contributed by atoms with E-state index in [2.05, 4.69) is 5.10 Å². The quantitative estimate of drug-likeness (QED) is 0.799. The van der Waals surface area contributed by atoms with E-state index in [1.165, 1.54) is 0 Å². The third-order valence-electron chi connectivity index (χ3n) is 2.24. The molecule has 90 valence electrons. The highest BCUT2D eigenvalue weighted by molar-refractivity contribution is 7.84. The largest absolute Gasteiger partial charge is 0.481 e. The number of aliphatic carboxylic acids is 1. The normalized spacial score (nSPS) is 12.6. The van der Waals surface area contributed by atoms with E-state index in [1.807, 2.05) is 20.0 Å². The maximum absolute atomic E-state index is 11.6. The molecule has 0 radical (unpaired) electrons. The Morgan fingerprint density at radius 3 is 2.81 bits per heavy atom. The lowest BCUT2D eigenvalue weighted by Gasteiger charge is -2.00. The van der Waals surface area contributed by atoms with Crippen LogP contribution in [0.5, 0.6) is 0 Å². The van der Waals surface area contributed by atoms with Gasteiger partial charge < -0.3 is 5.11 Å². The van der Waals surface area contributed by atoms with Crippen molar-refractivity contribution in [2.75, 3.05) is 5.75 Å². The van der Waals surface area contributed by atoms with Crippen LogP contribution in [0.25, 0.3) is 0 Å². The van der Waals surface area contributed by atoms with Crippen molar-refractivity contribution in [3.63, 3.8) is 0 Å². The smallest absolute Gasteiger partial charge is 0.304 e. The van der Waals surface area contributed by atoms with Gasteiger partial charge in [0.15, 0.2) is 0 Å². The maximum Gasteiger partial charge on any atom is 0.304 e. The molecule has 0 saturated heterocycles. The number of hydrogen-bond acceptors (Lipinski definition) is 3. The zero-order valence-corrected chi connectivity index (χ0v) is 10.3. The summed E-state index contributed by atoms with van der Waals surface area (Å²) in [6.45, 7) is 2.01. The molecular formula is C10H16N2O3S. The second kappa shape index (κ2) is 5.79. The third kappa shape index (κ3) is 3.77. The van der Waals surface area contributed by atoms with Gasteiger partial charge in [-0.25, -0.2) is 0 Å². The van der Waals surface area contributed by atoms with Crippen LogP contribution in [0.15, 0.2) is 6.07 Å². The van der Waals surface area contributed by atoms with Crippen LogP contribution >= 0.6 is 0 Å². The van der Waals surface area contributed by atoms with Gasteiger partial charge in [-0.1, -0.05) is 6.92 Å². The number of aromatic nitrogens is 2. The molecule has 0 saturated carbocycles. The van der Waals surface area contributed by atoms with Gasteiger partial charge >= 0.3 is 5.97 Å². The molecule has 1 rings (SSSR count). The Hall–Kier alpha value is -1.17. The zero-order chi connectivity index (χ0) is 12.1. The number of aryl methyl sites for hydroxylation is 2. The molecule has 1 heterocycles. The molecule has 1 aromatic heterocycles. The van der Waals surface area contributed by atoms with E-state index in [-0.39, 0.29) is 12.2 Å². The van der Waals surface area contributed by atoms with Gasteiger partial charge in [-0.15, -0.1) is 0 Å². The number of rotatable bonds is 6. The average molecular weight is 244 g/mol. The van der Waals surface area contributed by atoms with Crippen molar-refractivity contribution in [3.8, 4) is 0 Å². The van der Waals surface area contributed by atoms with E-state index in [9.17, 15) is 9.00 Å². The molecular weight excluding hydrogens is 228 g/mol. The van der Waals surface area contributed by atoms with Crippen LogP contribution in [-0.4, -0.2) is 30.8 Å².